The highest BCUT2D eigenvalue weighted by Crippen LogP contribution is 2.26. The van der Waals surface area contributed by atoms with Crippen molar-refractivity contribution in [3.8, 4) is 17.0 Å². The maximum Gasteiger partial charge on any atom is 0.245 e. The average Bonchev–Trinajstić information content (AvgIpc) is 3.07. The lowest BCUT2D eigenvalue weighted by Gasteiger charge is -2.10. The maximum absolute atomic E-state index is 5.37. The third-order valence-electron chi connectivity index (χ3n) is 5.00. The number of aryl methyl sites for hydroxylation is 2. The lowest BCUT2D eigenvalue weighted by atomic mass is 9.99. The SMILES string of the molecule is CCCc1nc2c(OC)ncnc2n1Cc1ccc(-c2ccccc2C)cc1. The fraction of sp³-hybridized carbons (Fsp3) is 0.261. The van der Waals surface area contributed by atoms with E-state index in [1.54, 1.807) is 7.11 Å². The molecule has 0 atom stereocenters. The molecule has 0 bridgehead atoms. The number of benzene rings is 2. The summed E-state index contributed by atoms with van der Waals surface area (Å²) in [6, 6.07) is 17.2. The van der Waals surface area contributed by atoms with Gasteiger partial charge in [0.1, 0.15) is 12.2 Å². The first-order chi connectivity index (χ1) is 13.7. The van der Waals surface area contributed by atoms with Crippen molar-refractivity contribution in [2.45, 2.75) is 33.2 Å². The van der Waals surface area contributed by atoms with E-state index in [1.165, 1.54) is 28.6 Å². The van der Waals surface area contributed by atoms with Gasteiger partial charge in [0.05, 0.1) is 13.7 Å². The van der Waals surface area contributed by atoms with Crippen LogP contribution in [-0.4, -0.2) is 26.6 Å². The number of fused-ring (bicyclic) bond motifs is 1. The molecule has 0 saturated heterocycles. The largest absolute Gasteiger partial charge is 0.479 e. The van der Waals surface area contributed by atoms with Gasteiger partial charge in [0, 0.05) is 6.42 Å². The van der Waals surface area contributed by atoms with E-state index in [-0.39, 0.29) is 0 Å². The van der Waals surface area contributed by atoms with Gasteiger partial charge in [0.25, 0.3) is 0 Å². The molecule has 0 amide bonds. The van der Waals surface area contributed by atoms with Crippen molar-refractivity contribution < 1.29 is 4.74 Å². The molecule has 0 unspecified atom stereocenters. The van der Waals surface area contributed by atoms with Gasteiger partial charge in [0.2, 0.25) is 5.88 Å². The molecule has 4 aromatic rings. The van der Waals surface area contributed by atoms with Crippen LogP contribution >= 0.6 is 0 Å². The number of nitrogens with zero attached hydrogens (tertiary/aromatic N) is 4. The third kappa shape index (κ3) is 3.36. The van der Waals surface area contributed by atoms with Crippen LogP contribution in [0.15, 0.2) is 54.9 Å². The van der Waals surface area contributed by atoms with Crippen LogP contribution in [0.4, 0.5) is 0 Å². The molecule has 142 valence electrons. The Morgan fingerprint density at radius 2 is 1.79 bits per heavy atom. The van der Waals surface area contributed by atoms with Crippen molar-refractivity contribution in [1.82, 2.24) is 19.5 Å². The molecule has 5 heteroatoms. The van der Waals surface area contributed by atoms with Gasteiger partial charge in [-0.05, 0) is 35.6 Å². The van der Waals surface area contributed by atoms with Crippen LogP contribution in [0.25, 0.3) is 22.3 Å². The van der Waals surface area contributed by atoms with Gasteiger partial charge in [-0.2, -0.15) is 4.98 Å². The summed E-state index contributed by atoms with van der Waals surface area (Å²) in [7, 11) is 1.62. The van der Waals surface area contributed by atoms with E-state index in [4.69, 9.17) is 9.72 Å². The van der Waals surface area contributed by atoms with Crippen molar-refractivity contribution >= 4 is 11.2 Å². The summed E-state index contributed by atoms with van der Waals surface area (Å²) >= 11 is 0. The Labute approximate surface area is 165 Å². The van der Waals surface area contributed by atoms with Crippen LogP contribution in [0.3, 0.4) is 0 Å². The second-order valence-corrected chi connectivity index (χ2v) is 6.93. The zero-order chi connectivity index (χ0) is 19.5. The van der Waals surface area contributed by atoms with Crippen molar-refractivity contribution in [3.05, 3.63) is 71.8 Å². The molecule has 0 aliphatic carbocycles. The number of ether oxygens (including phenoxy) is 1. The van der Waals surface area contributed by atoms with Crippen molar-refractivity contribution in [2.24, 2.45) is 0 Å². The molecule has 2 heterocycles. The van der Waals surface area contributed by atoms with E-state index in [2.05, 4.69) is 76.9 Å². The Kier molecular flexibility index (Phi) is 5.06. The predicted molar refractivity (Wildman–Crippen MR) is 112 cm³/mol. The van der Waals surface area contributed by atoms with Gasteiger partial charge in [-0.25, -0.2) is 9.97 Å². The lowest BCUT2D eigenvalue weighted by Crippen LogP contribution is -2.06. The van der Waals surface area contributed by atoms with Crippen LogP contribution in [0.2, 0.25) is 0 Å². The van der Waals surface area contributed by atoms with Crippen LogP contribution in [0.1, 0.15) is 30.3 Å². The second kappa shape index (κ2) is 7.80. The third-order valence-corrected chi connectivity index (χ3v) is 5.00. The van der Waals surface area contributed by atoms with Gasteiger partial charge in [0.15, 0.2) is 11.2 Å². The van der Waals surface area contributed by atoms with Gasteiger partial charge < -0.3 is 9.30 Å². The molecule has 0 radical (unpaired) electrons. The minimum atomic E-state index is 0.524. The number of aromatic nitrogens is 4. The summed E-state index contributed by atoms with van der Waals surface area (Å²) in [5, 5.41) is 0. The van der Waals surface area contributed by atoms with Crippen LogP contribution < -0.4 is 4.74 Å². The molecule has 0 saturated carbocycles. The monoisotopic (exact) mass is 372 g/mol. The standard InChI is InChI=1S/C23H24N4O/c1-4-7-20-26-21-22(24-15-25-23(21)28-3)27(20)14-17-10-12-18(13-11-17)19-9-6-5-8-16(19)2/h5-6,8-13,15H,4,7,14H2,1-3H3. The van der Waals surface area contributed by atoms with E-state index in [0.717, 1.165) is 36.4 Å². The Balaban J connectivity index is 1.70. The molecule has 0 aliphatic rings. The Morgan fingerprint density at radius 1 is 1.00 bits per heavy atom. The molecule has 5 nitrogen and oxygen atoms in total. The van der Waals surface area contributed by atoms with Crippen LogP contribution in [0.5, 0.6) is 5.88 Å². The number of methoxy groups -OCH3 is 1. The number of hydrogen-bond donors (Lipinski definition) is 0. The molecular formula is C23H24N4O. The molecule has 28 heavy (non-hydrogen) atoms. The highest BCUT2D eigenvalue weighted by molar-refractivity contribution is 5.77. The molecule has 2 aromatic heterocycles. The van der Waals surface area contributed by atoms with Gasteiger partial charge in [-0.15, -0.1) is 0 Å². The molecular weight excluding hydrogens is 348 g/mol. The topological polar surface area (TPSA) is 52.8 Å². The molecule has 0 N–H and O–H groups in total. The Hall–Kier alpha value is -3.21. The summed E-state index contributed by atoms with van der Waals surface area (Å²) in [5.74, 6) is 1.54. The normalized spacial score (nSPS) is 11.1. The first-order valence-corrected chi connectivity index (χ1v) is 9.60. The number of imidazole rings is 1. The quantitative estimate of drug-likeness (QED) is 0.487. The van der Waals surface area contributed by atoms with Crippen LogP contribution in [0, 0.1) is 6.92 Å². The minimum Gasteiger partial charge on any atom is -0.479 e. The fourth-order valence-electron chi connectivity index (χ4n) is 3.56. The number of rotatable bonds is 6. The molecule has 4 rings (SSSR count). The highest BCUT2D eigenvalue weighted by atomic mass is 16.5. The van der Waals surface area contributed by atoms with E-state index < -0.39 is 0 Å². The molecule has 2 aromatic carbocycles. The molecule has 0 fully saturated rings. The lowest BCUT2D eigenvalue weighted by molar-refractivity contribution is 0.401. The number of hydrogen-bond acceptors (Lipinski definition) is 4. The first-order valence-electron chi connectivity index (χ1n) is 9.60. The van der Waals surface area contributed by atoms with Gasteiger partial charge in [-0.3, -0.25) is 0 Å². The average molecular weight is 372 g/mol. The van der Waals surface area contributed by atoms with E-state index >= 15 is 0 Å². The van der Waals surface area contributed by atoms with Gasteiger partial charge >= 0.3 is 0 Å². The summed E-state index contributed by atoms with van der Waals surface area (Å²) in [6.07, 6.45) is 3.45. The summed E-state index contributed by atoms with van der Waals surface area (Å²) in [5.41, 5.74) is 6.54. The zero-order valence-corrected chi connectivity index (χ0v) is 16.5. The zero-order valence-electron chi connectivity index (χ0n) is 16.5. The summed E-state index contributed by atoms with van der Waals surface area (Å²) < 4.78 is 7.55. The van der Waals surface area contributed by atoms with Crippen molar-refractivity contribution in [3.63, 3.8) is 0 Å². The van der Waals surface area contributed by atoms with E-state index in [0.29, 0.717) is 5.88 Å². The van der Waals surface area contributed by atoms with Crippen molar-refractivity contribution in [1.29, 1.82) is 0 Å². The second-order valence-electron chi connectivity index (χ2n) is 6.93. The molecule has 0 spiro atoms. The van der Waals surface area contributed by atoms with E-state index in [9.17, 15) is 0 Å². The molecule has 0 aliphatic heterocycles. The highest BCUT2D eigenvalue weighted by Gasteiger charge is 2.16. The Morgan fingerprint density at radius 3 is 2.50 bits per heavy atom. The van der Waals surface area contributed by atoms with E-state index in [1.807, 2.05) is 0 Å². The Bertz CT molecular complexity index is 1100. The van der Waals surface area contributed by atoms with Gasteiger partial charge in [-0.1, -0.05) is 55.5 Å². The summed E-state index contributed by atoms with van der Waals surface area (Å²) in [6.45, 7) is 5.02. The maximum atomic E-state index is 5.37. The smallest absolute Gasteiger partial charge is 0.245 e. The fourth-order valence-corrected chi connectivity index (χ4v) is 3.56. The summed E-state index contributed by atoms with van der Waals surface area (Å²) in [4.78, 5) is 13.4. The van der Waals surface area contributed by atoms with Crippen LogP contribution in [-0.2, 0) is 13.0 Å². The minimum absolute atomic E-state index is 0.524. The van der Waals surface area contributed by atoms with Crippen molar-refractivity contribution in [2.75, 3.05) is 7.11 Å². The predicted octanol–water partition coefficient (Wildman–Crippen LogP) is 4.81. The first kappa shape index (κ1) is 18.2.